The van der Waals surface area contributed by atoms with E-state index in [0.29, 0.717) is 6.61 Å². The summed E-state index contributed by atoms with van der Waals surface area (Å²) in [6.07, 6.45) is 5.12. The molecule has 2 aromatic carbocycles. The summed E-state index contributed by atoms with van der Waals surface area (Å²) in [5.74, 6) is 0.984. The topological polar surface area (TPSA) is 21.3 Å². The molecule has 2 heteroatoms. The minimum atomic E-state index is -0.371. The maximum absolute atomic E-state index is 6.40. The molecule has 0 radical (unpaired) electrons. The van der Waals surface area contributed by atoms with Gasteiger partial charge in [0, 0.05) is 6.61 Å². The quantitative estimate of drug-likeness (QED) is 0.637. The maximum atomic E-state index is 6.40. The lowest BCUT2D eigenvalue weighted by atomic mass is 9.83. The molecule has 24 heavy (non-hydrogen) atoms. The smallest absolute Gasteiger partial charge is 0.119 e. The number of hydrogen-bond acceptors (Lipinski definition) is 2. The highest BCUT2D eigenvalue weighted by atomic mass is 16.5. The average Bonchev–Trinajstić information content (AvgIpc) is 3.46. The number of rotatable bonds is 10. The monoisotopic (exact) mass is 323 g/mol. The van der Waals surface area contributed by atoms with Gasteiger partial charge in [-0.05, 0) is 49.9 Å². The Kier molecular flexibility index (Phi) is 6.06. The molecule has 3 rings (SSSR count). The Morgan fingerprint density at radius 3 is 2.00 bits per heavy atom. The molecule has 0 atom stereocenters. The third kappa shape index (κ3) is 4.25. The van der Waals surface area contributed by atoms with Crippen LogP contribution in [0.25, 0.3) is 0 Å². The average molecular weight is 323 g/mol. The second kappa shape index (κ2) is 8.46. The summed E-state index contributed by atoms with van der Waals surface area (Å²) < 4.78 is 6.40. The highest BCUT2D eigenvalue weighted by Crippen LogP contribution is 2.37. The molecular weight excluding hydrogens is 294 g/mol. The van der Waals surface area contributed by atoms with Gasteiger partial charge in [0.1, 0.15) is 5.60 Å². The van der Waals surface area contributed by atoms with Gasteiger partial charge in [-0.15, -0.1) is 0 Å². The first-order chi connectivity index (χ1) is 11.8. The first-order valence-corrected chi connectivity index (χ1v) is 9.31. The molecule has 1 fully saturated rings. The number of nitrogens with one attached hydrogen (secondary N) is 1. The maximum Gasteiger partial charge on any atom is 0.119 e. The summed E-state index contributed by atoms with van der Waals surface area (Å²) in [4.78, 5) is 0. The van der Waals surface area contributed by atoms with E-state index in [-0.39, 0.29) is 5.60 Å². The minimum Gasteiger partial charge on any atom is -0.366 e. The van der Waals surface area contributed by atoms with Crippen LogP contribution in [0.4, 0.5) is 0 Å². The molecule has 0 amide bonds. The van der Waals surface area contributed by atoms with Crippen molar-refractivity contribution >= 4 is 0 Å². The molecule has 0 unspecified atom stereocenters. The normalized spacial score (nSPS) is 14.7. The van der Waals surface area contributed by atoms with Crippen LogP contribution < -0.4 is 5.32 Å². The van der Waals surface area contributed by atoms with Crippen LogP contribution in [0.5, 0.6) is 0 Å². The molecule has 1 N–H and O–H groups in total. The Morgan fingerprint density at radius 1 is 0.917 bits per heavy atom. The van der Waals surface area contributed by atoms with E-state index in [0.717, 1.165) is 25.4 Å². The molecule has 1 aliphatic rings. The van der Waals surface area contributed by atoms with Gasteiger partial charge in [0.2, 0.25) is 0 Å². The summed E-state index contributed by atoms with van der Waals surface area (Å²) >= 11 is 0. The molecule has 0 aromatic heterocycles. The van der Waals surface area contributed by atoms with Crippen LogP contribution in [0.15, 0.2) is 60.7 Å². The SMILES string of the molecule is CCOC(CCNCCC1CC1)(c1ccccc1)c1ccccc1. The second-order valence-corrected chi connectivity index (χ2v) is 6.72. The van der Waals surface area contributed by atoms with E-state index in [2.05, 4.69) is 72.9 Å². The van der Waals surface area contributed by atoms with E-state index in [4.69, 9.17) is 4.74 Å². The summed E-state index contributed by atoms with van der Waals surface area (Å²) in [6, 6.07) is 21.3. The third-order valence-corrected chi connectivity index (χ3v) is 4.95. The summed E-state index contributed by atoms with van der Waals surface area (Å²) in [5.41, 5.74) is 2.10. The Labute approximate surface area is 146 Å². The fourth-order valence-corrected chi connectivity index (χ4v) is 3.46. The van der Waals surface area contributed by atoms with Crippen LogP contribution in [0.3, 0.4) is 0 Å². The van der Waals surface area contributed by atoms with Crippen LogP contribution in [0.2, 0.25) is 0 Å². The van der Waals surface area contributed by atoms with E-state index < -0.39 is 0 Å². The molecule has 0 saturated heterocycles. The second-order valence-electron chi connectivity index (χ2n) is 6.72. The van der Waals surface area contributed by atoms with Gasteiger partial charge in [-0.3, -0.25) is 0 Å². The Balaban J connectivity index is 1.78. The van der Waals surface area contributed by atoms with Crippen LogP contribution in [0.1, 0.15) is 43.7 Å². The van der Waals surface area contributed by atoms with Crippen molar-refractivity contribution in [2.45, 2.75) is 38.2 Å². The van der Waals surface area contributed by atoms with Gasteiger partial charge in [0.15, 0.2) is 0 Å². The van der Waals surface area contributed by atoms with Crippen molar-refractivity contribution in [1.82, 2.24) is 5.32 Å². The van der Waals surface area contributed by atoms with Crippen LogP contribution in [-0.4, -0.2) is 19.7 Å². The minimum absolute atomic E-state index is 0.371. The highest BCUT2D eigenvalue weighted by Gasteiger charge is 2.34. The molecule has 2 nitrogen and oxygen atoms in total. The van der Waals surface area contributed by atoms with Crippen LogP contribution in [0, 0.1) is 5.92 Å². The molecular formula is C22H29NO. The van der Waals surface area contributed by atoms with E-state index in [1.807, 2.05) is 0 Å². The Bertz CT molecular complexity index is 552. The Morgan fingerprint density at radius 2 is 1.50 bits per heavy atom. The molecule has 1 saturated carbocycles. The van der Waals surface area contributed by atoms with Gasteiger partial charge in [0.05, 0.1) is 0 Å². The van der Waals surface area contributed by atoms with Gasteiger partial charge < -0.3 is 10.1 Å². The van der Waals surface area contributed by atoms with Crippen molar-refractivity contribution in [2.75, 3.05) is 19.7 Å². The van der Waals surface area contributed by atoms with Crippen molar-refractivity contribution in [3.63, 3.8) is 0 Å². The van der Waals surface area contributed by atoms with E-state index in [1.165, 1.54) is 30.4 Å². The molecule has 0 bridgehead atoms. The van der Waals surface area contributed by atoms with E-state index >= 15 is 0 Å². The van der Waals surface area contributed by atoms with Gasteiger partial charge in [-0.1, -0.05) is 73.5 Å². The predicted octanol–water partition coefficient (Wildman–Crippen LogP) is 4.75. The zero-order valence-corrected chi connectivity index (χ0v) is 14.7. The molecule has 0 heterocycles. The van der Waals surface area contributed by atoms with Gasteiger partial charge in [0.25, 0.3) is 0 Å². The summed E-state index contributed by atoms with van der Waals surface area (Å²) in [6.45, 7) is 4.87. The fourth-order valence-electron chi connectivity index (χ4n) is 3.46. The largest absolute Gasteiger partial charge is 0.366 e. The van der Waals surface area contributed by atoms with Crippen molar-refractivity contribution in [3.05, 3.63) is 71.8 Å². The van der Waals surface area contributed by atoms with Crippen LogP contribution in [-0.2, 0) is 10.3 Å². The molecule has 1 aliphatic carbocycles. The summed E-state index contributed by atoms with van der Waals surface area (Å²) in [7, 11) is 0. The van der Waals surface area contributed by atoms with E-state index in [9.17, 15) is 0 Å². The fraction of sp³-hybridized carbons (Fsp3) is 0.455. The zero-order valence-electron chi connectivity index (χ0n) is 14.7. The molecule has 2 aromatic rings. The lowest BCUT2D eigenvalue weighted by molar-refractivity contribution is -0.0172. The van der Waals surface area contributed by atoms with Crippen LogP contribution >= 0.6 is 0 Å². The number of benzene rings is 2. The van der Waals surface area contributed by atoms with Crippen molar-refractivity contribution in [3.8, 4) is 0 Å². The molecule has 0 spiro atoms. The molecule has 128 valence electrons. The van der Waals surface area contributed by atoms with Crippen molar-refractivity contribution in [2.24, 2.45) is 5.92 Å². The standard InChI is InChI=1S/C22H29NO/c1-2-24-22(20-9-5-3-6-10-20,21-11-7-4-8-12-21)16-18-23-17-15-19-13-14-19/h3-12,19,23H,2,13-18H2,1H3. The van der Waals surface area contributed by atoms with Gasteiger partial charge in [-0.25, -0.2) is 0 Å². The van der Waals surface area contributed by atoms with E-state index in [1.54, 1.807) is 0 Å². The number of hydrogen-bond donors (Lipinski definition) is 1. The lowest BCUT2D eigenvalue weighted by Gasteiger charge is -2.35. The Hall–Kier alpha value is -1.64. The van der Waals surface area contributed by atoms with Crippen molar-refractivity contribution < 1.29 is 4.74 Å². The zero-order chi connectivity index (χ0) is 16.7. The first-order valence-electron chi connectivity index (χ1n) is 9.31. The summed E-state index contributed by atoms with van der Waals surface area (Å²) in [5, 5.41) is 3.63. The lowest BCUT2D eigenvalue weighted by Crippen LogP contribution is -2.35. The van der Waals surface area contributed by atoms with Crippen molar-refractivity contribution in [1.29, 1.82) is 0 Å². The van der Waals surface area contributed by atoms with Gasteiger partial charge in [-0.2, -0.15) is 0 Å². The predicted molar refractivity (Wildman–Crippen MR) is 100 cm³/mol. The molecule has 0 aliphatic heterocycles. The van der Waals surface area contributed by atoms with Gasteiger partial charge >= 0.3 is 0 Å². The third-order valence-electron chi connectivity index (χ3n) is 4.95. The number of ether oxygens (including phenoxy) is 1. The first kappa shape index (κ1) is 17.2. The highest BCUT2D eigenvalue weighted by molar-refractivity contribution is 5.36.